The summed E-state index contributed by atoms with van der Waals surface area (Å²) in [6.45, 7) is 0.141. The van der Waals surface area contributed by atoms with Gasteiger partial charge in [-0.2, -0.15) is 4.39 Å². The van der Waals surface area contributed by atoms with Crippen LogP contribution in [0.3, 0.4) is 0 Å². The molecule has 2 heterocycles. The summed E-state index contributed by atoms with van der Waals surface area (Å²) in [5.41, 5.74) is -0.420. The van der Waals surface area contributed by atoms with E-state index in [1.54, 1.807) is 6.07 Å². The largest absolute Gasteiger partial charge is 0.445 e. The van der Waals surface area contributed by atoms with Crippen molar-refractivity contribution in [2.24, 2.45) is 0 Å². The lowest BCUT2D eigenvalue weighted by atomic mass is 9.87. The molecule has 1 aromatic carbocycles. The molecular weight excluding hydrogens is 287 g/mol. The van der Waals surface area contributed by atoms with Crippen molar-refractivity contribution in [2.75, 3.05) is 13.1 Å². The van der Waals surface area contributed by atoms with Gasteiger partial charge in [-0.25, -0.2) is 9.78 Å². The van der Waals surface area contributed by atoms with Crippen LogP contribution in [0, 0.1) is 5.95 Å². The highest BCUT2D eigenvalue weighted by Crippen LogP contribution is 2.33. The Kier molecular flexibility index (Phi) is 3.77. The van der Waals surface area contributed by atoms with Crippen molar-refractivity contribution in [2.45, 2.75) is 12.2 Å². The first-order valence-electron chi connectivity index (χ1n) is 6.87. The smallest absolute Gasteiger partial charge is 0.410 e. The highest BCUT2D eigenvalue weighted by Gasteiger charge is 2.47. The molecule has 2 aromatic rings. The van der Waals surface area contributed by atoms with Gasteiger partial charge in [0.05, 0.1) is 13.1 Å². The second-order valence-corrected chi connectivity index (χ2v) is 5.27. The first-order chi connectivity index (χ1) is 10.6. The van der Waals surface area contributed by atoms with Crippen LogP contribution < -0.4 is 0 Å². The number of rotatable bonds is 3. The van der Waals surface area contributed by atoms with Crippen LogP contribution in [0.2, 0.25) is 0 Å². The molecule has 0 saturated carbocycles. The molecule has 1 N–H and O–H groups in total. The van der Waals surface area contributed by atoms with Crippen LogP contribution in [0.25, 0.3) is 0 Å². The molecule has 0 aliphatic carbocycles. The van der Waals surface area contributed by atoms with Crippen molar-refractivity contribution in [3.8, 4) is 0 Å². The maximum absolute atomic E-state index is 13.6. The van der Waals surface area contributed by atoms with Gasteiger partial charge in [-0.15, -0.1) is 0 Å². The third-order valence-corrected chi connectivity index (χ3v) is 3.63. The Hall–Kier alpha value is -2.47. The van der Waals surface area contributed by atoms with Gasteiger partial charge in [0.2, 0.25) is 5.95 Å². The number of halogens is 1. The zero-order chi connectivity index (χ0) is 15.6. The van der Waals surface area contributed by atoms with E-state index >= 15 is 0 Å². The van der Waals surface area contributed by atoms with Gasteiger partial charge in [-0.3, -0.25) is 0 Å². The maximum Gasteiger partial charge on any atom is 0.410 e. The number of carbonyl (C=O) groups excluding carboxylic acids is 1. The van der Waals surface area contributed by atoms with Gasteiger partial charge in [-0.05, 0) is 17.7 Å². The number of pyridine rings is 1. The van der Waals surface area contributed by atoms with Crippen LogP contribution in [-0.4, -0.2) is 34.2 Å². The molecule has 1 saturated heterocycles. The van der Waals surface area contributed by atoms with Gasteiger partial charge in [0.15, 0.2) is 0 Å². The normalized spacial score (nSPS) is 16.0. The Balaban J connectivity index is 1.56. The lowest BCUT2D eigenvalue weighted by Crippen LogP contribution is -2.61. The molecule has 0 spiro atoms. The topological polar surface area (TPSA) is 62.7 Å². The second kappa shape index (κ2) is 5.73. The lowest BCUT2D eigenvalue weighted by molar-refractivity contribution is -0.0972. The van der Waals surface area contributed by atoms with E-state index in [0.717, 1.165) is 5.56 Å². The van der Waals surface area contributed by atoms with E-state index in [1.807, 2.05) is 30.3 Å². The number of β-amino-alcohol motifs (C(OH)–C–C–N with tert-alkyl or cyclic N) is 1. The van der Waals surface area contributed by atoms with E-state index in [4.69, 9.17) is 4.74 Å². The Morgan fingerprint density at radius 2 is 2.00 bits per heavy atom. The minimum atomic E-state index is -1.40. The molecule has 22 heavy (non-hydrogen) atoms. The highest BCUT2D eigenvalue weighted by molar-refractivity contribution is 5.69. The monoisotopic (exact) mass is 302 g/mol. The number of ether oxygens (including phenoxy) is 1. The van der Waals surface area contributed by atoms with E-state index in [0.29, 0.717) is 0 Å². The number of aromatic nitrogens is 1. The molecule has 6 heteroatoms. The summed E-state index contributed by atoms with van der Waals surface area (Å²) in [7, 11) is 0. The molecule has 1 amide bonds. The Bertz CT molecular complexity index is 672. The van der Waals surface area contributed by atoms with Crippen molar-refractivity contribution < 1.29 is 19.0 Å². The van der Waals surface area contributed by atoms with Crippen LogP contribution >= 0.6 is 0 Å². The van der Waals surface area contributed by atoms with E-state index in [1.165, 1.54) is 17.2 Å². The number of benzene rings is 1. The summed E-state index contributed by atoms with van der Waals surface area (Å²) in [6.07, 6.45) is 0.782. The van der Waals surface area contributed by atoms with Crippen molar-refractivity contribution in [1.82, 2.24) is 9.88 Å². The fourth-order valence-electron chi connectivity index (χ4n) is 2.43. The molecular formula is C16H15FN2O3. The van der Waals surface area contributed by atoms with E-state index < -0.39 is 17.6 Å². The third kappa shape index (κ3) is 2.78. The number of hydrogen-bond donors (Lipinski definition) is 1. The zero-order valence-electron chi connectivity index (χ0n) is 11.8. The maximum atomic E-state index is 13.6. The molecule has 1 aromatic heterocycles. The van der Waals surface area contributed by atoms with Gasteiger partial charge in [0.1, 0.15) is 12.2 Å². The standard InChI is InChI=1S/C16H15FN2O3/c17-14-13(7-4-8-18-14)16(21)10-19(11-16)15(20)22-9-12-5-2-1-3-6-12/h1-8,21H,9-11H2. The van der Waals surface area contributed by atoms with Crippen molar-refractivity contribution in [3.63, 3.8) is 0 Å². The summed E-state index contributed by atoms with van der Waals surface area (Å²) in [6, 6.07) is 12.3. The molecule has 0 atom stereocenters. The van der Waals surface area contributed by atoms with Crippen LogP contribution in [0.1, 0.15) is 11.1 Å². The first kappa shape index (κ1) is 14.5. The summed E-state index contributed by atoms with van der Waals surface area (Å²) >= 11 is 0. The number of likely N-dealkylation sites (tertiary alicyclic amines) is 1. The molecule has 0 radical (unpaired) electrons. The lowest BCUT2D eigenvalue weighted by Gasteiger charge is -2.45. The molecule has 0 bridgehead atoms. The number of carbonyl (C=O) groups is 1. The van der Waals surface area contributed by atoms with Gasteiger partial charge >= 0.3 is 6.09 Å². The van der Waals surface area contributed by atoms with Crippen LogP contribution in [0.5, 0.6) is 0 Å². The van der Waals surface area contributed by atoms with Crippen molar-refractivity contribution in [3.05, 3.63) is 65.7 Å². The molecule has 3 rings (SSSR count). The van der Waals surface area contributed by atoms with Crippen LogP contribution in [0.15, 0.2) is 48.7 Å². The summed E-state index contributed by atoms with van der Waals surface area (Å²) in [5, 5.41) is 10.3. The number of hydrogen-bond acceptors (Lipinski definition) is 4. The van der Waals surface area contributed by atoms with Crippen LogP contribution in [0.4, 0.5) is 9.18 Å². The fraction of sp³-hybridized carbons (Fsp3) is 0.250. The minimum absolute atomic E-state index is 0.0107. The summed E-state index contributed by atoms with van der Waals surface area (Å²) in [4.78, 5) is 16.7. The third-order valence-electron chi connectivity index (χ3n) is 3.63. The highest BCUT2D eigenvalue weighted by atomic mass is 19.1. The van der Waals surface area contributed by atoms with Gasteiger partial charge in [0.25, 0.3) is 0 Å². The van der Waals surface area contributed by atoms with E-state index in [-0.39, 0.29) is 25.3 Å². The van der Waals surface area contributed by atoms with E-state index in [2.05, 4.69) is 4.98 Å². The number of amides is 1. The molecule has 1 aliphatic heterocycles. The summed E-state index contributed by atoms with van der Waals surface area (Å²) in [5.74, 6) is -0.720. The predicted molar refractivity (Wildman–Crippen MR) is 76.3 cm³/mol. The van der Waals surface area contributed by atoms with Gasteiger partial charge < -0.3 is 14.7 Å². The zero-order valence-corrected chi connectivity index (χ0v) is 11.8. The molecule has 5 nitrogen and oxygen atoms in total. The minimum Gasteiger partial charge on any atom is -0.445 e. The molecule has 1 fully saturated rings. The van der Waals surface area contributed by atoms with E-state index in [9.17, 15) is 14.3 Å². The van der Waals surface area contributed by atoms with Crippen molar-refractivity contribution >= 4 is 6.09 Å². The molecule has 0 unspecified atom stereocenters. The van der Waals surface area contributed by atoms with Crippen molar-refractivity contribution in [1.29, 1.82) is 0 Å². The Labute approximate surface area is 127 Å². The first-order valence-corrected chi connectivity index (χ1v) is 6.87. The SMILES string of the molecule is O=C(OCc1ccccc1)N1CC(O)(c2cccnc2F)C1. The van der Waals surface area contributed by atoms with Crippen LogP contribution in [-0.2, 0) is 16.9 Å². The fourth-order valence-corrected chi connectivity index (χ4v) is 2.43. The summed E-state index contributed by atoms with van der Waals surface area (Å²) < 4.78 is 18.8. The molecule has 114 valence electrons. The molecule has 1 aliphatic rings. The Morgan fingerprint density at radius 1 is 1.27 bits per heavy atom. The average Bonchev–Trinajstić information content (AvgIpc) is 2.51. The predicted octanol–water partition coefficient (Wildman–Crippen LogP) is 2.06. The van der Waals surface area contributed by atoms with Gasteiger partial charge in [0, 0.05) is 11.8 Å². The van der Waals surface area contributed by atoms with Gasteiger partial charge in [-0.1, -0.05) is 30.3 Å². The average molecular weight is 302 g/mol. The Morgan fingerprint density at radius 3 is 2.68 bits per heavy atom. The number of nitrogens with zero attached hydrogens (tertiary/aromatic N) is 2. The second-order valence-electron chi connectivity index (χ2n) is 5.27. The number of aliphatic hydroxyl groups is 1. The quantitative estimate of drug-likeness (QED) is 0.882.